The first kappa shape index (κ1) is 20.3. The van der Waals surface area contributed by atoms with E-state index in [0.717, 1.165) is 12.8 Å². The predicted octanol–water partition coefficient (Wildman–Crippen LogP) is 1.82. The van der Waals surface area contributed by atoms with Crippen molar-refractivity contribution in [1.29, 1.82) is 0 Å². The zero-order valence-corrected chi connectivity index (χ0v) is 17.6. The molecule has 1 saturated heterocycles. The Morgan fingerprint density at radius 3 is 2.38 bits per heavy atom. The molecule has 1 amide bonds. The van der Waals surface area contributed by atoms with Crippen LogP contribution in [0.5, 0.6) is 0 Å². The van der Waals surface area contributed by atoms with Crippen LogP contribution in [0.3, 0.4) is 0 Å². The Hall–Kier alpha value is -3.56. The predicted molar refractivity (Wildman–Crippen MR) is 117 cm³/mol. The van der Waals surface area contributed by atoms with Gasteiger partial charge < -0.3 is 14.8 Å². The normalized spacial score (nSPS) is 17.0. The van der Waals surface area contributed by atoms with E-state index in [-0.39, 0.29) is 17.9 Å². The van der Waals surface area contributed by atoms with Gasteiger partial charge in [0.05, 0.1) is 29.1 Å². The molecule has 0 unspecified atom stereocenters. The number of hydrogen-bond donors (Lipinski definition) is 1. The highest BCUT2D eigenvalue weighted by Crippen LogP contribution is 2.30. The van der Waals surface area contributed by atoms with E-state index in [1.54, 1.807) is 18.5 Å². The highest BCUT2D eigenvalue weighted by atomic mass is 19.1. The van der Waals surface area contributed by atoms with Gasteiger partial charge in [0.15, 0.2) is 0 Å². The van der Waals surface area contributed by atoms with Gasteiger partial charge in [0.2, 0.25) is 11.9 Å². The number of halogens is 1. The molecule has 10 heteroatoms. The zero-order valence-electron chi connectivity index (χ0n) is 17.6. The summed E-state index contributed by atoms with van der Waals surface area (Å²) in [5.41, 5.74) is 0.244. The molecule has 0 bridgehead atoms. The number of anilines is 2. The lowest BCUT2D eigenvalue weighted by Gasteiger charge is -2.33. The SMILES string of the molecule is Cn1c(=O)c(=O)n(C2CCN(c3ncc(NC(=O)C4CC4)cn3)CC2)c2ccc(F)cc21. The maximum Gasteiger partial charge on any atom is 0.317 e. The van der Waals surface area contributed by atoms with Crippen molar-refractivity contribution in [3.05, 3.63) is 57.1 Å². The molecule has 1 saturated carbocycles. The van der Waals surface area contributed by atoms with Crippen molar-refractivity contribution in [2.45, 2.75) is 31.7 Å². The molecule has 3 heterocycles. The molecule has 1 N–H and O–H groups in total. The molecule has 3 aromatic rings. The molecule has 1 aromatic carbocycles. The van der Waals surface area contributed by atoms with Crippen LogP contribution in [-0.4, -0.2) is 38.1 Å². The number of hydrogen-bond acceptors (Lipinski definition) is 6. The number of rotatable bonds is 4. The van der Waals surface area contributed by atoms with Gasteiger partial charge in [-0.3, -0.25) is 19.0 Å². The molecule has 32 heavy (non-hydrogen) atoms. The Morgan fingerprint density at radius 2 is 1.72 bits per heavy atom. The van der Waals surface area contributed by atoms with Gasteiger partial charge >= 0.3 is 11.1 Å². The highest BCUT2D eigenvalue weighted by molar-refractivity contribution is 5.93. The maximum absolute atomic E-state index is 13.8. The number of nitrogens with one attached hydrogen (secondary N) is 1. The second kappa shape index (κ2) is 7.85. The van der Waals surface area contributed by atoms with Crippen LogP contribution in [0.4, 0.5) is 16.0 Å². The van der Waals surface area contributed by atoms with E-state index < -0.39 is 16.9 Å². The molecule has 5 rings (SSSR count). The monoisotopic (exact) mass is 438 g/mol. The summed E-state index contributed by atoms with van der Waals surface area (Å²) in [6.45, 7) is 1.20. The Balaban J connectivity index is 1.34. The van der Waals surface area contributed by atoms with E-state index in [0.29, 0.717) is 48.6 Å². The van der Waals surface area contributed by atoms with Crippen molar-refractivity contribution in [2.24, 2.45) is 13.0 Å². The number of aromatic nitrogens is 4. The Morgan fingerprint density at radius 1 is 1.03 bits per heavy atom. The van der Waals surface area contributed by atoms with Crippen LogP contribution in [-0.2, 0) is 11.8 Å². The fourth-order valence-electron chi connectivity index (χ4n) is 4.26. The molecule has 2 fully saturated rings. The lowest BCUT2D eigenvalue weighted by molar-refractivity contribution is -0.117. The summed E-state index contributed by atoms with van der Waals surface area (Å²) in [6.07, 6.45) is 6.29. The number of fused-ring (bicyclic) bond motifs is 1. The summed E-state index contributed by atoms with van der Waals surface area (Å²) in [5.74, 6) is 0.214. The third kappa shape index (κ3) is 3.65. The third-order valence-corrected chi connectivity index (χ3v) is 6.23. The first-order valence-corrected chi connectivity index (χ1v) is 10.7. The summed E-state index contributed by atoms with van der Waals surface area (Å²) in [4.78, 5) is 47.8. The summed E-state index contributed by atoms with van der Waals surface area (Å²) in [6, 6.07) is 3.95. The largest absolute Gasteiger partial charge is 0.341 e. The van der Waals surface area contributed by atoms with Crippen molar-refractivity contribution in [3.63, 3.8) is 0 Å². The molecule has 2 aromatic heterocycles. The van der Waals surface area contributed by atoms with E-state index >= 15 is 0 Å². The number of aryl methyl sites for hydroxylation is 1. The Labute approximate surface area is 182 Å². The van der Waals surface area contributed by atoms with Gasteiger partial charge in [-0.2, -0.15) is 0 Å². The van der Waals surface area contributed by atoms with Crippen LogP contribution >= 0.6 is 0 Å². The van der Waals surface area contributed by atoms with Crippen LogP contribution in [0.1, 0.15) is 31.7 Å². The average Bonchev–Trinajstić information content (AvgIpc) is 3.65. The van der Waals surface area contributed by atoms with E-state index in [2.05, 4.69) is 15.3 Å². The van der Waals surface area contributed by atoms with Crippen LogP contribution in [0.15, 0.2) is 40.2 Å². The molecule has 2 aliphatic rings. The smallest absolute Gasteiger partial charge is 0.317 e. The summed E-state index contributed by atoms with van der Waals surface area (Å²) >= 11 is 0. The van der Waals surface area contributed by atoms with Gasteiger partial charge in [0.25, 0.3) is 0 Å². The third-order valence-electron chi connectivity index (χ3n) is 6.23. The first-order chi connectivity index (χ1) is 15.4. The van der Waals surface area contributed by atoms with Crippen molar-refractivity contribution in [2.75, 3.05) is 23.3 Å². The second-order valence-electron chi connectivity index (χ2n) is 8.43. The number of carbonyl (C=O) groups excluding carboxylic acids is 1. The highest BCUT2D eigenvalue weighted by Gasteiger charge is 2.30. The van der Waals surface area contributed by atoms with Crippen LogP contribution in [0.2, 0.25) is 0 Å². The van der Waals surface area contributed by atoms with Crippen molar-refractivity contribution in [1.82, 2.24) is 19.1 Å². The minimum atomic E-state index is -0.669. The summed E-state index contributed by atoms with van der Waals surface area (Å²) < 4.78 is 16.5. The first-order valence-electron chi connectivity index (χ1n) is 10.7. The van der Waals surface area contributed by atoms with Gasteiger partial charge in [-0.15, -0.1) is 0 Å². The molecule has 0 radical (unpaired) electrons. The Kier molecular flexibility index (Phi) is 4.99. The molecule has 166 valence electrons. The van der Waals surface area contributed by atoms with E-state index in [1.165, 1.54) is 28.3 Å². The summed E-state index contributed by atoms with van der Waals surface area (Å²) in [7, 11) is 1.48. The second-order valence-corrected chi connectivity index (χ2v) is 8.43. The van der Waals surface area contributed by atoms with Crippen LogP contribution < -0.4 is 21.3 Å². The quantitative estimate of drug-likeness (QED) is 0.624. The molecule has 9 nitrogen and oxygen atoms in total. The van der Waals surface area contributed by atoms with E-state index in [1.807, 2.05) is 4.90 Å². The summed E-state index contributed by atoms with van der Waals surface area (Å²) in [5, 5.41) is 2.82. The maximum atomic E-state index is 13.8. The van der Waals surface area contributed by atoms with Gasteiger partial charge in [-0.05, 0) is 43.9 Å². The van der Waals surface area contributed by atoms with Gasteiger partial charge in [-0.1, -0.05) is 0 Å². The van der Waals surface area contributed by atoms with Gasteiger partial charge in [-0.25, -0.2) is 14.4 Å². The molecule has 0 atom stereocenters. The van der Waals surface area contributed by atoms with Crippen molar-refractivity contribution < 1.29 is 9.18 Å². The molecule has 1 aliphatic carbocycles. The fourth-order valence-corrected chi connectivity index (χ4v) is 4.26. The minimum absolute atomic E-state index is 0.00807. The van der Waals surface area contributed by atoms with E-state index in [4.69, 9.17) is 0 Å². The zero-order chi connectivity index (χ0) is 22.4. The number of carbonyl (C=O) groups is 1. The van der Waals surface area contributed by atoms with Crippen molar-refractivity contribution in [3.8, 4) is 0 Å². The Bertz CT molecular complexity index is 1300. The topological polar surface area (TPSA) is 102 Å². The molecular formula is C22H23FN6O3. The van der Waals surface area contributed by atoms with Gasteiger partial charge in [0.1, 0.15) is 5.82 Å². The van der Waals surface area contributed by atoms with Crippen LogP contribution in [0.25, 0.3) is 11.0 Å². The molecular weight excluding hydrogens is 415 g/mol. The van der Waals surface area contributed by atoms with Crippen LogP contribution in [0, 0.1) is 11.7 Å². The standard InChI is InChI=1S/C22H23FN6O3/c1-27-18-10-14(23)4-5-17(18)29(21(32)20(27)31)16-6-8-28(9-7-16)22-24-11-15(12-25-22)26-19(30)13-2-3-13/h4-5,10-13,16H,2-3,6-9H2,1H3,(H,26,30). The minimum Gasteiger partial charge on any atom is -0.341 e. The fraction of sp³-hybridized carbons (Fsp3) is 0.409. The van der Waals surface area contributed by atoms with Gasteiger partial charge in [0, 0.05) is 32.1 Å². The number of benzene rings is 1. The number of amides is 1. The van der Waals surface area contributed by atoms with E-state index in [9.17, 15) is 18.8 Å². The molecule has 0 spiro atoms. The number of nitrogens with zero attached hydrogens (tertiary/aromatic N) is 5. The molecule has 1 aliphatic heterocycles. The lowest BCUT2D eigenvalue weighted by atomic mass is 10.0. The average molecular weight is 438 g/mol. The lowest BCUT2D eigenvalue weighted by Crippen LogP contribution is -2.45. The van der Waals surface area contributed by atoms with Crippen molar-refractivity contribution >= 4 is 28.6 Å². The number of piperidine rings is 1.